The van der Waals surface area contributed by atoms with Crippen molar-refractivity contribution in [1.82, 2.24) is 0 Å². The largest absolute Gasteiger partial charge is 2.00 e. The van der Waals surface area contributed by atoms with Gasteiger partial charge in [0.1, 0.15) is 0 Å². The van der Waals surface area contributed by atoms with Crippen molar-refractivity contribution >= 4 is 46.3 Å². The molecule has 4 heteroatoms. The summed E-state index contributed by atoms with van der Waals surface area (Å²) in [6.45, 7) is 0. The summed E-state index contributed by atoms with van der Waals surface area (Å²) in [4.78, 5) is 0. The number of halogens is 3. The monoisotopic (exact) mass is 248 g/mol. The molecular weight excluding hydrogens is 247 g/mol. The summed E-state index contributed by atoms with van der Waals surface area (Å²) in [7, 11) is 0. The van der Waals surface area contributed by atoms with Crippen molar-refractivity contribution in [3.63, 3.8) is 0 Å². The van der Waals surface area contributed by atoms with Crippen molar-refractivity contribution in [2.75, 3.05) is 0 Å². The zero-order valence-electron chi connectivity index (χ0n) is 5.07. The van der Waals surface area contributed by atoms with E-state index >= 15 is 0 Å². The van der Waals surface area contributed by atoms with E-state index in [2.05, 4.69) is 6.07 Å². The van der Waals surface area contributed by atoms with Crippen molar-refractivity contribution in [2.45, 2.75) is 0 Å². The summed E-state index contributed by atoms with van der Waals surface area (Å²) in [5.41, 5.74) is 0. The van der Waals surface area contributed by atoms with Crippen LogP contribution in [0.4, 0.5) is 0 Å². The molecule has 0 aliphatic carbocycles. The van der Waals surface area contributed by atoms with Gasteiger partial charge in [0.15, 0.2) is 0 Å². The molecule has 0 heterocycles. The van der Waals surface area contributed by atoms with E-state index in [1.165, 1.54) is 0 Å². The average Bonchev–Trinajstić information content (AvgIpc) is 1.77. The van der Waals surface area contributed by atoms with E-state index < -0.39 is 0 Å². The van der Waals surface area contributed by atoms with Gasteiger partial charge in [-0.2, -0.15) is 35.9 Å². The maximum atomic E-state index is 5.52. The van der Waals surface area contributed by atoms with Gasteiger partial charge in [-0.05, 0) is 0 Å². The Morgan fingerprint density at radius 2 is 1.80 bits per heavy atom. The molecule has 0 fully saturated rings. The molecule has 1 aromatic rings. The number of rotatable bonds is 0. The third kappa shape index (κ3) is 4.80. The fourth-order valence-corrected chi connectivity index (χ4v) is 0.622. The van der Waals surface area contributed by atoms with Gasteiger partial charge in [0.25, 0.3) is 0 Å². The first-order valence-electron chi connectivity index (χ1n) is 2.12. The van der Waals surface area contributed by atoms with Gasteiger partial charge in [-0.3, -0.25) is 0 Å². The Bertz CT molecular complexity index is 155. The van der Waals surface area contributed by atoms with E-state index in [1.54, 1.807) is 18.2 Å². The SMILES string of the molecule is Clc1[c-]cc(Cl)cc1.[Br-].[Mg+2]. The van der Waals surface area contributed by atoms with Gasteiger partial charge in [0, 0.05) is 0 Å². The van der Waals surface area contributed by atoms with E-state index in [-0.39, 0.29) is 40.0 Å². The summed E-state index contributed by atoms with van der Waals surface area (Å²) in [5, 5.41) is 1.25. The third-order valence-electron chi connectivity index (χ3n) is 0.737. The van der Waals surface area contributed by atoms with Crippen LogP contribution in [0.2, 0.25) is 10.0 Å². The molecule has 0 aliphatic heterocycles. The second-order valence-corrected chi connectivity index (χ2v) is 2.20. The minimum absolute atomic E-state index is 0. The van der Waals surface area contributed by atoms with Crippen LogP contribution in [0.5, 0.6) is 0 Å². The number of hydrogen-bond acceptors (Lipinski definition) is 0. The molecule has 10 heavy (non-hydrogen) atoms. The van der Waals surface area contributed by atoms with Gasteiger partial charge < -0.3 is 17.0 Å². The second-order valence-electron chi connectivity index (χ2n) is 1.35. The van der Waals surface area contributed by atoms with Crippen molar-refractivity contribution in [3.05, 3.63) is 34.3 Å². The first-order valence-corrected chi connectivity index (χ1v) is 2.87. The van der Waals surface area contributed by atoms with Gasteiger partial charge in [0.2, 0.25) is 0 Å². The van der Waals surface area contributed by atoms with Crippen LogP contribution in [0.15, 0.2) is 18.2 Å². The molecule has 1 aromatic carbocycles. The second kappa shape index (κ2) is 6.74. The number of benzene rings is 1. The van der Waals surface area contributed by atoms with Gasteiger partial charge in [-0.15, -0.1) is 11.6 Å². The van der Waals surface area contributed by atoms with Gasteiger partial charge in [-0.25, -0.2) is 0 Å². The molecule has 0 saturated carbocycles. The van der Waals surface area contributed by atoms with Crippen molar-refractivity contribution in [1.29, 1.82) is 0 Å². The molecule has 0 atom stereocenters. The molecule has 0 nitrogen and oxygen atoms in total. The van der Waals surface area contributed by atoms with Gasteiger partial charge in [-0.1, -0.05) is 10.0 Å². The smallest absolute Gasteiger partial charge is 1.00 e. The zero-order valence-corrected chi connectivity index (χ0v) is 9.59. The van der Waals surface area contributed by atoms with E-state index in [0.29, 0.717) is 10.0 Å². The van der Waals surface area contributed by atoms with Crippen LogP contribution in [-0.2, 0) is 0 Å². The van der Waals surface area contributed by atoms with Gasteiger partial charge >= 0.3 is 23.1 Å². The van der Waals surface area contributed by atoms with E-state index in [4.69, 9.17) is 23.2 Å². The molecule has 0 spiro atoms. The molecule has 0 saturated heterocycles. The molecule has 50 valence electrons. The standard InChI is InChI=1S/C6H3Cl2.BrH.Mg/c7-5-1-2-6(8)4-3-5;;/h1-3H;1H;/q-1;;+2/p-1. The number of hydrogen-bond donors (Lipinski definition) is 0. The Morgan fingerprint density at radius 3 is 2.10 bits per heavy atom. The van der Waals surface area contributed by atoms with Crippen LogP contribution in [0.3, 0.4) is 0 Å². The summed E-state index contributed by atoms with van der Waals surface area (Å²) in [6, 6.07) is 7.78. The average molecular weight is 250 g/mol. The molecular formula is C6H3BrCl2Mg. The quantitative estimate of drug-likeness (QED) is 0.427. The van der Waals surface area contributed by atoms with E-state index in [9.17, 15) is 0 Å². The van der Waals surface area contributed by atoms with Crippen LogP contribution < -0.4 is 17.0 Å². The molecule has 0 radical (unpaired) electrons. The first kappa shape index (κ1) is 13.6. The van der Waals surface area contributed by atoms with Crippen LogP contribution in [0.1, 0.15) is 0 Å². The van der Waals surface area contributed by atoms with Crippen LogP contribution in [0.25, 0.3) is 0 Å². The fraction of sp³-hybridized carbons (Fsp3) is 0. The Morgan fingerprint density at radius 1 is 1.20 bits per heavy atom. The van der Waals surface area contributed by atoms with Gasteiger partial charge in [0.05, 0.1) is 0 Å². The minimum atomic E-state index is 0. The van der Waals surface area contributed by atoms with Crippen molar-refractivity contribution in [2.24, 2.45) is 0 Å². The molecule has 0 unspecified atom stereocenters. The fourth-order valence-electron chi connectivity index (χ4n) is 0.387. The predicted molar refractivity (Wildman–Crippen MR) is 41.1 cm³/mol. The van der Waals surface area contributed by atoms with Crippen LogP contribution in [0, 0.1) is 6.07 Å². The summed E-state index contributed by atoms with van der Waals surface area (Å²) in [5.74, 6) is 0. The third-order valence-corrected chi connectivity index (χ3v) is 1.21. The van der Waals surface area contributed by atoms with Crippen LogP contribution in [-0.4, -0.2) is 23.1 Å². The Hall–Kier alpha value is 1.05. The Kier molecular flexibility index (Phi) is 9.18. The summed E-state index contributed by atoms with van der Waals surface area (Å²) >= 11 is 11.0. The summed E-state index contributed by atoms with van der Waals surface area (Å²) in [6.07, 6.45) is 0. The normalized spacial score (nSPS) is 7.40. The Labute approximate surface area is 96.8 Å². The van der Waals surface area contributed by atoms with Crippen LogP contribution >= 0.6 is 23.2 Å². The molecule has 0 amide bonds. The zero-order chi connectivity index (χ0) is 5.98. The maximum Gasteiger partial charge on any atom is 2.00 e. The molecule has 0 aliphatic rings. The van der Waals surface area contributed by atoms with E-state index in [0.717, 1.165) is 0 Å². The first-order chi connectivity index (χ1) is 3.79. The maximum absolute atomic E-state index is 5.52. The summed E-state index contributed by atoms with van der Waals surface area (Å²) < 4.78 is 0. The topological polar surface area (TPSA) is 0 Å². The minimum Gasteiger partial charge on any atom is -1.00 e. The molecule has 1 rings (SSSR count). The molecule has 0 aromatic heterocycles. The predicted octanol–water partition coefficient (Wildman–Crippen LogP) is -0.583. The van der Waals surface area contributed by atoms with E-state index in [1.807, 2.05) is 0 Å². The van der Waals surface area contributed by atoms with Crippen molar-refractivity contribution < 1.29 is 17.0 Å². The van der Waals surface area contributed by atoms with Crippen molar-refractivity contribution in [3.8, 4) is 0 Å². The molecule has 0 N–H and O–H groups in total. The Balaban J connectivity index is 0. The molecule has 0 bridgehead atoms.